The summed E-state index contributed by atoms with van der Waals surface area (Å²) in [5, 5.41) is 0. The molecule has 2 heterocycles. The Kier molecular flexibility index (Phi) is 1.52. The fourth-order valence-electron chi connectivity index (χ4n) is 2.35. The molecule has 74 valence electrons. The normalized spacial score (nSPS) is 15.9. The lowest BCUT2D eigenvalue weighted by molar-refractivity contribution is 0.616. The van der Waals surface area contributed by atoms with Gasteiger partial charge in [-0.3, -0.25) is 9.97 Å². The van der Waals surface area contributed by atoms with Crippen LogP contribution < -0.4 is 0 Å². The zero-order chi connectivity index (χ0) is 10.5. The van der Waals surface area contributed by atoms with E-state index >= 15 is 0 Å². The first-order valence-corrected chi connectivity index (χ1v) is 5.12. The molecule has 0 N–H and O–H groups in total. The van der Waals surface area contributed by atoms with Gasteiger partial charge in [-0.2, -0.15) is 0 Å². The molecule has 0 amide bonds. The Labute approximate surface area is 89.0 Å². The van der Waals surface area contributed by atoms with Crippen LogP contribution in [0.4, 0.5) is 0 Å². The number of hydrogen-bond donors (Lipinski definition) is 0. The summed E-state index contributed by atoms with van der Waals surface area (Å²) in [7, 11) is 0. The fourth-order valence-corrected chi connectivity index (χ4v) is 2.35. The van der Waals surface area contributed by atoms with Crippen molar-refractivity contribution in [1.29, 1.82) is 0 Å². The van der Waals surface area contributed by atoms with Crippen molar-refractivity contribution >= 4 is 0 Å². The summed E-state index contributed by atoms with van der Waals surface area (Å²) in [4.78, 5) is 8.97. The Hall–Kier alpha value is -1.70. The quantitative estimate of drug-likeness (QED) is 0.647. The molecule has 0 aromatic carbocycles. The van der Waals surface area contributed by atoms with E-state index in [0.29, 0.717) is 0 Å². The third-order valence-electron chi connectivity index (χ3n) is 3.09. The fraction of sp³-hybridized carbons (Fsp3) is 0.231. The minimum atomic E-state index is -0.0623. The van der Waals surface area contributed by atoms with Crippen LogP contribution in [-0.2, 0) is 5.41 Å². The Balaban J connectivity index is 2.42. The van der Waals surface area contributed by atoms with Crippen molar-refractivity contribution in [3.05, 3.63) is 48.0 Å². The standard InChI is InChI=1S/C13H12N2/c1-13(2)11-9(5-3-7-14-11)10-6-4-8-15-12(10)13/h3-8H,1-2H3. The lowest BCUT2D eigenvalue weighted by atomic mass is 9.89. The molecular weight excluding hydrogens is 184 g/mol. The summed E-state index contributed by atoms with van der Waals surface area (Å²) < 4.78 is 0. The van der Waals surface area contributed by atoms with E-state index in [4.69, 9.17) is 0 Å². The highest BCUT2D eigenvalue weighted by molar-refractivity contribution is 5.77. The van der Waals surface area contributed by atoms with E-state index in [0.717, 1.165) is 11.4 Å². The van der Waals surface area contributed by atoms with E-state index in [-0.39, 0.29) is 5.41 Å². The Morgan fingerprint density at radius 3 is 1.80 bits per heavy atom. The van der Waals surface area contributed by atoms with Crippen LogP contribution >= 0.6 is 0 Å². The maximum Gasteiger partial charge on any atom is 0.0598 e. The van der Waals surface area contributed by atoms with Crippen molar-refractivity contribution in [3.63, 3.8) is 0 Å². The Bertz CT molecular complexity index is 482. The van der Waals surface area contributed by atoms with Crippen molar-refractivity contribution in [2.75, 3.05) is 0 Å². The zero-order valence-electron chi connectivity index (χ0n) is 8.86. The van der Waals surface area contributed by atoms with E-state index < -0.39 is 0 Å². The molecule has 2 nitrogen and oxygen atoms in total. The lowest BCUT2D eigenvalue weighted by Crippen LogP contribution is -2.17. The maximum atomic E-state index is 4.49. The van der Waals surface area contributed by atoms with Gasteiger partial charge >= 0.3 is 0 Å². The van der Waals surface area contributed by atoms with Crippen molar-refractivity contribution < 1.29 is 0 Å². The SMILES string of the molecule is CC1(C)c2ncccc2-c2cccnc21. The topological polar surface area (TPSA) is 25.8 Å². The first kappa shape index (κ1) is 8.60. The summed E-state index contributed by atoms with van der Waals surface area (Å²) in [5.41, 5.74) is 4.67. The van der Waals surface area contributed by atoms with Crippen molar-refractivity contribution in [2.24, 2.45) is 0 Å². The van der Waals surface area contributed by atoms with E-state index in [9.17, 15) is 0 Å². The van der Waals surface area contributed by atoms with Gasteiger partial charge in [0.05, 0.1) is 16.8 Å². The average molecular weight is 196 g/mol. The van der Waals surface area contributed by atoms with Gasteiger partial charge in [0.1, 0.15) is 0 Å². The minimum absolute atomic E-state index is 0.0623. The van der Waals surface area contributed by atoms with E-state index in [1.165, 1.54) is 11.1 Å². The molecule has 0 fully saturated rings. The highest BCUT2D eigenvalue weighted by Crippen LogP contribution is 2.45. The molecule has 0 aliphatic heterocycles. The van der Waals surface area contributed by atoms with Crippen LogP contribution in [0.2, 0.25) is 0 Å². The second-order valence-corrected chi connectivity index (χ2v) is 4.42. The molecular formula is C13H12N2. The van der Waals surface area contributed by atoms with Gasteiger partial charge in [0.15, 0.2) is 0 Å². The molecule has 15 heavy (non-hydrogen) atoms. The number of pyridine rings is 2. The molecule has 1 aliphatic carbocycles. The molecule has 0 saturated carbocycles. The van der Waals surface area contributed by atoms with Gasteiger partial charge in [-0.15, -0.1) is 0 Å². The summed E-state index contributed by atoms with van der Waals surface area (Å²) >= 11 is 0. The second kappa shape index (κ2) is 2.66. The zero-order valence-corrected chi connectivity index (χ0v) is 8.86. The van der Waals surface area contributed by atoms with Crippen LogP contribution in [0, 0.1) is 0 Å². The predicted molar refractivity (Wildman–Crippen MR) is 59.6 cm³/mol. The average Bonchev–Trinajstić information content (AvgIpc) is 2.51. The summed E-state index contributed by atoms with van der Waals surface area (Å²) in [6, 6.07) is 8.21. The molecule has 3 rings (SSSR count). The number of nitrogens with zero attached hydrogens (tertiary/aromatic N) is 2. The molecule has 0 unspecified atom stereocenters. The maximum absolute atomic E-state index is 4.49. The van der Waals surface area contributed by atoms with Crippen LogP contribution in [-0.4, -0.2) is 9.97 Å². The van der Waals surface area contributed by atoms with Gasteiger partial charge < -0.3 is 0 Å². The number of aromatic nitrogens is 2. The third kappa shape index (κ3) is 0.990. The third-order valence-corrected chi connectivity index (χ3v) is 3.09. The first-order chi connectivity index (χ1) is 7.21. The largest absolute Gasteiger partial charge is 0.260 e. The Morgan fingerprint density at radius 2 is 1.33 bits per heavy atom. The van der Waals surface area contributed by atoms with E-state index in [1.807, 2.05) is 24.5 Å². The summed E-state index contributed by atoms with van der Waals surface area (Å²) in [6.07, 6.45) is 3.71. The first-order valence-electron chi connectivity index (χ1n) is 5.12. The summed E-state index contributed by atoms with van der Waals surface area (Å²) in [6.45, 7) is 4.36. The van der Waals surface area contributed by atoms with Gasteiger partial charge in [-0.1, -0.05) is 12.1 Å². The van der Waals surface area contributed by atoms with Crippen LogP contribution in [0.15, 0.2) is 36.7 Å². The predicted octanol–water partition coefficient (Wildman–Crippen LogP) is 2.78. The van der Waals surface area contributed by atoms with Crippen LogP contribution in [0.5, 0.6) is 0 Å². The van der Waals surface area contributed by atoms with Gasteiger partial charge in [0.2, 0.25) is 0 Å². The van der Waals surface area contributed by atoms with Crippen molar-refractivity contribution in [2.45, 2.75) is 19.3 Å². The van der Waals surface area contributed by atoms with Crippen LogP contribution in [0.3, 0.4) is 0 Å². The van der Waals surface area contributed by atoms with Crippen LogP contribution in [0.1, 0.15) is 25.2 Å². The van der Waals surface area contributed by atoms with Crippen molar-refractivity contribution in [3.8, 4) is 11.1 Å². The van der Waals surface area contributed by atoms with Gasteiger partial charge in [-0.25, -0.2) is 0 Å². The lowest BCUT2D eigenvalue weighted by Gasteiger charge is -2.18. The van der Waals surface area contributed by atoms with E-state index in [2.05, 4.69) is 35.9 Å². The van der Waals surface area contributed by atoms with E-state index in [1.54, 1.807) is 0 Å². The smallest absolute Gasteiger partial charge is 0.0598 e. The second-order valence-electron chi connectivity index (χ2n) is 4.42. The molecule has 2 aromatic rings. The molecule has 2 aromatic heterocycles. The molecule has 1 aliphatic rings. The van der Waals surface area contributed by atoms with Crippen molar-refractivity contribution in [1.82, 2.24) is 9.97 Å². The van der Waals surface area contributed by atoms with Gasteiger partial charge in [0.25, 0.3) is 0 Å². The highest BCUT2D eigenvalue weighted by atomic mass is 14.8. The molecule has 0 bridgehead atoms. The molecule has 0 atom stereocenters. The molecule has 2 heteroatoms. The number of fused-ring (bicyclic) bond motifs is 3. The molecule has 0 radical (unpaired) electrons. The molecule has 0 spiro atoms. The molecule has 0 saturated heterocycles. The Morgan fingerprint density at radius 1 is 0.867 bits per heavy atom. The van der Waals surface area contributed by atoms with Gasteiger partial charge in [0, 0.05) is 23.5 Å². The summed E-state index contributed by atoms with van der Waals surface area (Å²) in [5.74, 6) is 0. The van der Waals surface area contributed by atoms with Crippen LogP contribution in [0.25, 0.3) is 11.1 Å². The number of rotatable bonds is 0. The number of hydrogen-bond acceptors (Lipinski definition) is 2. The minimum Gasteiger partial charge on any atom is -0.260 e. The monoisotopic (exact) mass is 196 g/mol. The van der Waals surface area contributed by atoms with Gasteiger partial charge in [-0.05, 0) is 26.0 Å². The highest BCUT2D eigenvalue weighted by Gasteiger charge is 2.37.